The molecule has 0 aliphatic rings. The second-order valence-electron chi connectivity index (χ2n) is 6.46. The number of phenolic OH excluding ortho intramolecular Hbond substituents is 1. The Hall–Kier alpha value is -3.51. The number of benzene rings is 2. The van der Waals surface area contributed by atoms with Crippen molar-refractivity contribution in [3.05, 3.63) is 89.3 Å². The summed E-state index contributed by atoms with van der Waals surface area (Å²) in [4.78, 5) is 12.6. The fraction of sp³-hybridized carbons (Fsp3) is 0.0909. The van der Waals surface area contributed by atoms with E-state index in [1.165, 1.54) is 0 Å². The van der Waals surface area contributed by atoms with Crippen molar-refractivity contribution in [2.24, 2.45) is 0 Å². The highest BCUT2D eigenvalue weighted by Crippen LogP contribution is 2.25. The van der Waals surface area contributed by atoms with Crippen molar-refractivity contribution in [2.75, 3.05) is 6.54 Å². The molecule has 2 aromatic carbocycles. The Morgan fingerprint density at radius 2 is 1.97 bits per heavy atom. The van der Waals surface area contributed by atoms with Crippen LogP contribution in [0.2, 0.25) is 5.02 Å². The molecule has 4 rings (SSSR count). The molecule has 0 fully saturated rings. The molecule has 2 aromatic heterocycles. The van der Waals surface area contributed by atoms with Crippen LogP contribution in [0.4, 0.5) is 0 Å². The van der Waals surface area contributed by atoms with Crippen LogP contribution in [0.25, 0.3) is 17.1 Å². The van der Waals surface area contributed by atoms with E-state index in [4.69, 9.17) is 16.0 Å². The van der Waals surface area contributed by atoms with Crippen LogP contribution in [-0.2, 0) is 6.42 Å². The standard InChI is InChI=1S/C22H18ClN3O3/c23-16-5-2-6-17(13-16)26-20(21-8-3-11-29-21)14-19(25-26)22(28)24-10-9-15-4-1-7-18(27)12-15/h1-8,11-14,27H,9-10H2,(H,24,28). The van der Waals surface area contributed by atoms with Gasteiger partial charge < -0.3 is 14.8 Å². The van der Waals surface area contributed by atoms with Crippen molar-refractivity contribution in [2.45, 2.75) is 6.42 Å². The molecule has 0 aliphatic heterocycles. The average molecular weight is 408 g/mol. The monoisotopic (exact) mass is 407 g/mol. The lowest BCUT2D eigenvalue weighted by atomic mass is 10.1. The number of aromatic hydroxyl groups is 1. The highest BCUT2D eigenvalue weighted by molar-refractivity contribution is 6.30. The quantitative estimate of drug-likeness (QED) is 0.494. The summed E-state index contributed by atoms with van der Waals surface area (Å²) in [5.74, 6) is 0.507. The lowest BCUT2D eigenvalue weighted by Crippen LogP contribution is -2.26. The molecule has 1 amide bonds. The molecule has 2 N–H and O–H groups in total. The summed E-state index contributed by atoms with van der Waals surface area (Å²) in [5.41, 5.74) is 2.58. The maximum absolute atomic E-state index is 12.6. The van der Waals surface area contributed by atoms with Gasteiger partial charge in [-0.2, -0.15) is 5.10 Å². The van der Waals surface area contributed by atoms with Crippen LogP contribution in [0.15, 0.2) is 77.4 Å². The zero-order valence-electron chi connectivity index (χ0n) is 15.4. The van der Waals surface area contributed by atoms with E-state index in [0.717, 1.165) is 11.3 Å². The van der Waals surface area contributed by atoms with Crippen molar-refractivity contribution < 1.29 is 14.3 Å². The number of aromatic nitrogens is 2. The maximum atomic E-state index is 12.6. The number of hydrogen-bond donors (Lipinski definition) is 2. The molecule has 0 aliphatic carbocycles. The number of phenols is 1. The number of amides is 1. The zero-order chi connectivity index (χ0) is 20.2. The molecular formula is C22H18ClN3O3. The number of nitrogens with one attached hydrogen (secondary N) is 1. The Bertz CT molecular complexity index is 1140. The smallest absolute Gasteiger partial charge is 0.271 e. The van der Waals surface area contributed by atoms with Gasteiger partial charge in [0.15, 0.2) is 11.5 Å². The van der Waals surface area contributed by atoms with Gasteiger partial charge in [-0.05, 0) is 54.4 Å². The third-order valence-corrected chi connectivity index (χ3v) is 4.61. The van der Waals surface area contributed by atoms with Crippen LogP contribution < -0.4 is 5.32 Å². The Morgan fingerprint density at radius 3 is 2.72 bits per heavy atom. The number of rotatable bonds is 6. The minimum Gasteiger partial charge on any atom is -0.508 e. The number of halogens is 1. The summed E-state index contributed by atoms with van der Waals surface area (Å²) >= 11 is 6.12. The molecule has 146 valence electrons. The van der Waals surface area contributed by atoms with E-state index >= 15 is 0 Å². The first-order valence-electron chi connectivity index (χ1n) is 9.06. The van der Waals surface area contributed by atoms with E-state index < -0.39 is 0 Å². The molecule has 0 saturated heterocycles. The Labute approximate surface area is 172 Å². The van der Waals surface area contributed by atoms with Crippen LogP contribution in [0.1, 0.15) is 16.1 Å². The third-order valence-electron chi connectivity index (χ3n) is 4.38. The van der Waals surface area contributed by atoms with Gasteiger partial charge in [0.1, 0.15) is 11.4 Å². The Morgan fingerprint density at radius 1 is 1.10 bits per heavy atom. The minimum absolute atomic E-state index is 0.206. The normalized spacial score (nSPS) is 10.8. The molecule has 0 spiro atoms. The summed E-state index contributed by atoms with van der Waals surface area (Å²) < 4.78 is 7.14. The number of hydrogen-bond acceptors (Lipinski definition) is 4. The molecule has 0 atom stereocenters. The second-order valence-corrected chi connectivity index (χ2v) is 6.90. The van der Waals surface area contributed by atoms with E-state index in [1.807, 2.05) is 24.3 Å². The van der Waals surface area contributed by atoms with Crippen LogP contribution in [-0.4, -0.2) is 27.3 Å². The average Bonchev–Trinajstić information content (AvgIpc) is 3.38. The lowest BCUT2D eigenvalue weighted by molar-refractivity contribution is 0.0948. The van der Waals surface area contributed by atoms with Gasteiger partial charge in [0.2, 0.25) is 0 Å². The van der Waals surface area contributed by atoms with Crippen LogP contribution in [0.5, 0.6) is 5.75 Å². The fourth-order valence-corrected chi connectivity index (χ4v) is 3.20. The fourth-order valence-electron chi connectivity index (χ4n) is 3.02. The highest BCUT2D eigenvalue weighted by Gasteiger charge is 2.18. The summed E-state index contributed by atoms with van der Waals surface area (Å²) in [7, 11) is 0. The van der Waals surface area contributed by atoms with Crippen molar-refractivity contribution in [1.29, 1.82) is 0 Å². The molecule has 0 saturated carbocycles. The van der Waals surface area contributed by atoms with Gasteiger partial charge in [0, 0.05) is 17.6 Å². The van der Waals surface area contributed by atoms with Gasteiger partial charge in [0.25, 0.3) is 5.91 Å². The van der Waals surface area contributed by atoms with Crippen LogP contribution in [0, 0.1) is 0 Å². The molecule has 0 unspecified atom stereocenters. The van der Waals surface area contributed by atoms with Gasteiger partial charge in [-0.1, -0.05) is 29.8 Å². The first-order valence-corrected chi connectivity index (χ1v) is 9.44. The molecule has 29 heavy (non-hydrogen) atoms. The van der Waals surface area contributed by atoms with E-state index in [-0.39, 0.29) is 17.4 Å². The molecule has 0 radical (unpaired) electrons. The van der Waals surface area contributed by atoms with Gasteiger partial charge in [-0.3, -0.25) is 4.79 Å². The van der Waals surface area contributed by atoms with E-state index in [2.05, 4.69) is 10.4 Å². The summed E-state index contributed by atoms with van der Waals surface area (Å²) in [6, 6.07) is 19.4. The van der Waals surface area contributed by atoms with Gasteiger partial charge >= 0.3 is 0 Å². The van der Waals surface area contributed by atoms with Crippen molar-refractivity contribution in [3.8, 4) is 22.9 Å². The Kier molecular flexibility index (Phi) is 5.35. The number of furan rings is 1. The minimum atomic E-state index is -0.293. The lowest BCUT2D eigenvalue weighted by Gasteiger charge is -2.06. The SMILES string of the molecule is O=C(NCCc1cccc(O)c1)c1cc(-c2ccco2)n(-c2cccc(Cl)c2)n1. The molecule has 7 heteroatoms. The maximum Gasteiger partial charge on any atom is 0.271 e. The number of nitrogens with zero attached hydrogens (tertiary/aromatic N) is 2. The summed E-state index contributed by atoms with van der Waals surface area (Å²) in [5, 5.41) is 17.4. The number of carbonyl (C=O) groups is 1. The van der Waals surface area contributed by atoms with Crippen LogP contribution >= 0.6 is 11.6 Å². The molecule has 4 aromatic rings. The zero-order valence-corrected chi connectivity index (χ0v) is 16.1. The predicted octanol–water partition coefficient (Wildman–Crippen LogP) is 4.46. The van der Waals surface area contributed by atoms with E-state index in [0.29, 0.717) is 29.4 Å². The number of carbonyl (C=O) groups excluding carboxylic acids is 1. The van der Waals surface area contributed by atoms with Gasteiger partial charge in [-0.15, -0.1) is 0 Å². The topological polar surface area (TPSA) is 80.3 Å². The van der Waals surface area contributed by atoms with Gasteiger partial charge in [0.05, 0.1) is 12.0 Å². The summed E-state index contributed by atoms with van der Waals surface area (Å²) in [6.07, 6.45) is 2.17. The van der Waals surface area contributed by atoms with Gasteiger partial charge in [-0.25, -0.2) is 4.68 Å². The Balaban J connectivity index is 1.56. The first kappa shape index (κ1) is 18.8. The second kappa shape index (κ2) is 8.24. The molecule has 2 heterocycles. The van der Waals surface area contributed by atoms with E-state index in [1.54, 1.807) is 53.4 Å². The molecule has 6 nitrogen and oxygen atoms in total. The molecule has 0 bridgehead atoms. The predicted molar refractivity (Wildman–Crippen MR) is 110 cm³/mol. The van der Waals surface area contributed by atoms with Crippen LogP contribution in [0.3, 0.4) is 0 Å². The molecular weight excluding hydrogens is 390 g/mol. The third kappa shape index (κ3) is 4.33. The highest BCUT2D eigenvalue weighted by atomic mass is 35.5. The van der Waals surface area contributed by atoms with Crippen molar-refractivity contribution >= 4 is 17.5 Å². The van der Waals surface area contributed by atoms with Crippen molar-refractivity contribution in [3.63, 3.8) is 0 Å². The van der Waals surface area contributed by atoms with E-state index in [9.17, 15) is 9.90 Å². The van der Waals surface area contributed by atoms with Crippen molar-refractivity contribution in [1.82, 2.24) is 15.1 Å². The largest absolute Gasteiger partial charge is 0.508 e. The summed E-state index contributed by atoms with van der Waals surface area (Å²) in [6.45, 7) is 0.419. The first-order chi connectivity index (χ1) is 14.1.